The van der Waals surface area contributed by atoms with Crippen molar-refractivity contribution in [2.75, 3.05) is 13.6 Å². The highest BCUT2D eigenvalue weighted by molar-refractivity contribution is 7.87. The van der Waals surface area contributed by atoms with Crippen molar-refractivity contribution in [1.29, 1.82) is 0 Å². The molecule has 6 heteroatoms. The molecule has 0 amide bonds. The molecule has 108 valence electrons. The molecule has 3 N–H and O–H groups in total. The smallest absolute Gasteiger partial charge is 0.279 e. The topological polar surface area (TPSA) is 75.4 Å². The summed E-state index contributed by atoms with van der Waals surface area (Å²) < 4.78 is 28.4. The normalized spacial score (nSPS) is 20.6. The Morgan fingerprint density at radius 1 is 1.28 bits per heavy atom. The first kappa shape index (κ1) is 15.9. The van der Waals surface area contributed by atoms with Crippen LogP contribution in [-0.4, -0.2) is 38.4 Å². The minimum atomic E-state index is -3.42. The molecule has 1 unspecified atom stereocenters. The highest BCUT2D eigenvalue weighted by Crippen LogP contribution is 2.26. The van der Waals surface area contributed by atoms with Crippen molar-refractivity contribution >= 4 is 10.2 Å². The maximum absolute atomic E-state index is 12.1. The first-order valence-electron chi connectivity index (χ1n) is 6.84. The average molecular weight is 277 g/mol. The van der Waals surface area contributed by atoms with E-state index < -0.39 is 10.2 Å². The summed E-state index contributed by atoms with van der Waals surface area (Å²) in [7, 11) is -1.82. The molecular formula is C12H27N3O2S. The summed E-state index contributed by atoms with van der Waals surface area (Å²) in [5.41, 5.74) is 5.74. The van der Waals surface area contributed by atoms with Gasteiger partial charge < -0.3 is 5.73 Å². The Morgan fingerprint density at radius 3 is 2.28 bits per heavy atom. The van der Waals surface area contributed by atoms with Crippen LogP contribution < -0.4 is 10.5 Å². The van der Waals surface area contributed by atoms with Gasteiger partial charge in [0.2, 0.25) is 0 Å². The number of nitrogens with zero attached hydrogens (tertiary/aromatic N) is 1. The monoisotopic (exact) mass is 277 g/mol. The van der Waals surface area contributed by atoms with Crippen LogP contribution in [-0.2, 0) is 10.2 Å². The molecule has 0 aromatic heterocycles. The summed E-state index contributed by atoms with van der Waals surface area (Å²) in [4.78, 5) is 0. The van der Waals surface area contributed by atoms with Gasteiger partial charge in [0.1, 0.15) is 0 Å². The second-order valence-electron chi connectivity index (χ2n) is 5.47. The largest absolute Gasteiger partial charge is 0.329 e. The lowest BCUT2D eigenvalue weighted by molar-refractivity contribution is 0.287. The minimum absolute atomic E-state index is 0.0488. The van der Waals surface area contributed by atoms with Gasteiger partial charge in [-0.25, -0.2) is 0 Å². The summed E-state index contributed by atoms with van der Waals surface area (Å²) in [5, 5.41) is 0. The van der Waals surface area contributed by atoms with Crippen molar-refractivity contribution in [3.63, 3.8) is 0 Å². The molecule has 1 saturated carbocycles. The molecule has 1 aliphatic rings. The molecule has 0 aromatic carbocycles. The number of hydrogen-bond acceptors (Lipinski definition) is 3. The molecule has 1 fully saturated rings. The van der Waals surface area contributed by atoms with E-state index in [1.807, 2.05) is 13.8 Å². The van der Waals surface area contributed by atoms with E-state index in [0.29, 0.717) is 12.5 Å². The third kappa shape index (κ3) is 4.19. The molecule has 0 aromatic rings. The van der Waals surface area contributed by atoms with Gasteiger partial charge in [0.25, 0.3) is 10.2 Å². The standard InChI is InChI=1S/C12H27N3O2S/c1-10(2)15(3)18(16,17)14-12(9-13)11-7-5-4-6-8-11/h10-12,14H,4-9,13H2,1-3H3. The van der Waals surface area contributed by atoms with Crippen molar-refractivity contribution in [2.45, 2.75) is 58.0 Å². The molecule has 1 aliphatic carbocycles. The molecule has 0 radical (unpaired) electrons. The quantitative estimate of drug-likeness (QED) is 0.762. The van der Waals surface area contributed by atoms with Crippen LogP contribution in [0.25, 0.3) is 0 Å². The molecular weight excluding hydrogens is 250 g/mol. The van der Waals surface area contributed by atoms with Gasteiger partial charge in [-0.1, -0.05) is 19.3 Å². The first-order valence-corrected chi connectivity index (χ1v) is 8.28. The maximum atomic E-state index is 12.1. The second-order valence-corrected chi connectivity index (χ2v) is 7.23. The second kappa shape index (κ2) is 6.84. The van der Waals surface area contributed by atoms with Crippen molar-refractivity contribution in [2.24, 2.45) is 11.7 Å². The molecule has 0 bridgehead atoms. The third-order valence-corrected chi connectivity index (χ3v) is 5.66. The minimum Gasteiger partial charge on any atom is -0.329 e. The van der Waals surface area contributed by atoms with Gasteiger partial charge in [0.05, 0.1) is 0 Å². The Morgan fingerprint density at radius 2 is 1.83 bits per heavy atom. The summed E-state index contributed by atoms with van der Waals surface area (Å²) in [5.74, 6) is 0.388. The van der Waals surface area contributed by atoms with E-state index in [1.54, 1.807) is 7.05 Å². The van der Waals surface area contributed by atoms with Crippen LogP contribution in [0.15, 0.2) is 0 Å². The maximum Gasteiger partial charge on any atom is 0.279 e. The summed E-state index contributed by atoms with van der Waals surface area (Å²) in [6.45, 7) is 4.09. The van der Waals surface area contributed by atoms with Gasteiger partial charge >= 0.3 is 0 Å². The zero-order chi connectivity index (χ0) is 13.8. The SMILES string of the molecule is CC(C)N(C)S(=O)(=O)NC(CN)C1CCCCC1. The molecule has 5 nitrogen and oxygen atoms in total. The van der Waals surface area contributed by atoms with Crippen LogP contribution in [0.2, 0.25) is 0 Å². The Kier molecular flexibility index (Phi) is 6.04. The zero-order valence-electron chi connectivity index (χ0n) is 11.7. The van der Waals surface area contributed by atoms with E-state index in [-0.39, 0.29) is 12.1 Å². The lowest BCUT2D eigenvalue weighted by Crippen LogP contribution is -2.51. The first-order chi connectivity index (χ1) is 8.38. The fourth-order valence-corrected chi connectivity index (χ4v) is 3.82. The Balaban J connectivity index is 2.67. The summed E-state index contributed by atoms with van der Waals surface area (Å²) in [6.07, 6.45) is 5.78. The lowest BCUT2D eigenvalue weighted by Gasteiger charge is -2.32. The fourth-order valence-electron chi connectivity index (χ4n) is 2.43. The summed E-state index contributed by atoms with van der Waals surface area (Å²) >= 11 is 0. The van der Waals surface area contributed by atoms with E-state index in [9.17, 15) is 8.42 Å². The van der Waals surface area contributed by atoms with E-state index in [2.05, 4.69) is 4.72 Å². The fraction of sp³-hybridized carbons (Fsp3) is 1.00. The van der Waals surface area contributed by atoms with Crippen LogP contribution >= 0.6 is 0 Å². The molecule has 0 heterocycles. The van der Waals surface area contributed by atoms with Gasteiger partial charge in [-0.15, -0.1) is 0 Å². The third-order valence-electron chi connectivity index (χ3n) is 3.88. The number of nitrogens with one attached hydrogen (secondary N) is 1. The Labute approximate surface area is 111 Å². The zero-order valence-corrected chi connectivity index (χ0v) is 12.5. The number of hydrogen-bond donors (Lipinski definition) is 2. The van der Waals surface area contributed by atoms with Gasteiger partial charge in [0.15, 0.2) is 0 Å². The van der Waals surface area contributed by atoms with Crippen molar-refractivity contribution in [1.82, 2.24) is 9.03 Å². The van der Waals surface area contributed by atoms with Crippen LogP contribution in [0.5, 0.6) is 0 Å². The van der Waals surface area contributed by atoms with E-state index in [1.165, 1.54) is 23.6 Å². The molecule has 0 aliphatic heterocycles. The van der Waals surface area contributed by atoms with E-state index in [0.717, 1.165) is 12.8 Å². The predicted molar refractivity (Wildman–Crippen MR) is 74.4 cm³/mol. The summed E-state index contributed by atoms with van der Waals surface area (Å²) in [6, 6.07) is -0.177. The van der Waals surface area contributed by atoms with E-state index >= 15 is 0 Å². The highest BCUT2D eigenvalue weighted by Gasteiger charge is 2.29. The van der Waals surface area contributed by atoms with Gasteiger partial charge in [-0.2, -0.15) is 17.4 Å². The van der Waals surface area contributed by atoms with Gasteiger partial charge in [-0.3, -0.25) is 0 Å². The van der Waals surface area contributed by atoms with Crippen LogP contribution in [0.1, 0.15) is 46.0 Å². The molecule has 18 heavy (non-hydrogen) atoms. The Hall–Kier alpha value is -0.170. The molecule has 1 atom stereocenters. The van der Waals surface area contributed by atoms with Gasteiger partial charge in [0, 0.05) is 25.7 Å². The van der Waals surface area contributed by atoms with E-state index in [4.69, 9.17) is 5.73 Å². The van der Waals surface area contributed by atoms with Crippen molar-refractivity contribution < 1.29 is 8.42 Å². The van der Waals surface area contributed by atoms with Crippen molar-refractivity contribution in [3.8, 4) is 0 Å². The van der Waals surface area contributed by atoms with Crippen LogP contribution in [0, 0.1) is 5.92 Å². The average Bonchev–Trinajstić information content (AvgIpc) is 2.36. The molecule has 0 spiro atoms. The number of nitrogens with two attached hydrogens (primary N) is 1. The lowest BCUT2D eigenvalue weighted by atomic mass is 9.84. The highest BCUT2D eigenvalue weighted by atomic mass is 32.2. The van der Waals surface area contributed by atoms with Gasteiger partial charge in [-0.05, 0) is 32.6 Å². The Bertz CT molecular complexity index is 337. The number of rotatable bonds is 6. The van der Waals surface area contributed by atoms with Crippen LogP contribution in [0.4, 0.5) is 0 Å². The van der Waals surface area contributed by atoms with Crippen molar-refractivity contribution in [3.05, 3.63) is 0 Å². The van der Waals surface area contributed by atoms with Crippen LogP contribution in [0.3, 0.4) is 0 Å². The predicted octanol–water partition coefficient (Wildman–Crippen LogP) is 1.07. The molecule has 1 rings (SSSR count). The molecule has 0 saturated heterocycles.